The maximum atomic E-state index is 12.1. The van der Waals surface area contributed by atoms with Crippen molar-refractivity contribution in [3.05, 3.63) is 47.1 Å². The van der Waals surface area contributed by atoms with Gasteiger partial charge in [-0.3, -0.25) is 0 Å². The zero-order chi connectivity index (χ0) is 22.3. The molecule has 0 heterocycles. The molecule has 29 heavy (non-hydrogen) atoms. The van der Waals surface area contributed by atoms with Crippen molar-refractivity contribution in [2.45, 2.75) is 40.2 Å². The third kappa shape index (κ3) is 6.11. The van der Waals surface area contributed by atoms with Gasteiger partial charge in [-0.25, -0.2) is 4.79 Å². The fraction of sp³-hybridized carbons (Fsp3) is 0.286. The van der Waals surface area contributed by atoms with Gasteiger partial charge in [-0.05, 0) is 45.9 Å². The van der Waals surface area contributed by atoms with E-state index in [9.17, 15) is 25.2 Å². The number of allylic oxidation sites excluding steroid dienone is 2. The van der Waals surface area contributed by atoms with Crippen LogP contribution in [-0.4, -0.2) is 26.4 Å². The first-order valence-electron chi connectivity index (χ1n) is 8.68. The molecule has 0 fully saturated rings. The molecule has 0 aliphatic carbocycles. The van der Waals surface area contributed by atoms with Crippen LogP contribution in [-0.2, 0) is 30.6 Å². The number of fused-ring (bicyclic) bond motifs is 1. The molecule has 0 bridgehead atoms. The predicted molar refractivity (Wildman–Crippen MR) is 104 cm³/mol. The van der Waals surface area contributed by atoms with Crippen LogP contribution in [0.25, 0.3) is 10.8 Å². The fourth-order valence-electron chi connectivity index (χ4n) is 2.75. The van der Waals surface area contributed by atoms with Crippen LogP contribution in [0.4, 0.5) is 0 Å². The Morgan fingerprint density at radius 3 is 2.03 bits per heavy atom. The molecule has 4 N–H and O–H groups in total. The van der Waals surface area contributed by atoms with Gasteiger partial charge in [0.1, 0.15) is 29.1 Å². The average Bonchev–Trinajstić information content (AvgIpc) is 2.64. The summed E-state index contributed by atoms with van der Waals surface area (Å²) in [4.78, 5) is 12.1. The monoisotopic (exact) mass is 439 g/mol. The first-order valence-corrected chi connectivity index (χ1v) is 9.25. The number of hydrogen-bond acceptors (Lipinski definition) is 7. The van der Waals surface area contributed by atoms with E-state index in [1.54, 1.807) is 13.8 Å². The van der Waals surface area contributed by atoms with Crippen molar-refractivity contribution in [2.75, 3.05) is 0 Å². The quantitative estimate of drug-likeness (QED) is 0.235. The van der Waals surface area contributed by atoms with E-state index in [0.29, 0.717) is 0 Å². The fourth-order valence-corrected chi connectivity index (χ4v) is 2.75. The summed E-state index contributed by atoms with van der Waals surface area (Å²) in [5.74, 6) is -1.89. The SMILES string of the molecule is CC(C)=CCC(OC(=O)C=C(C)C)c1cc(O)c2c(O)ccc(O)c2c1O.[O]=[V]. The molecule has 0 radical (unpaired) electrons. The van der Waals surface area contributed by atoms with E-state index in [4.69, 9.17) is 8.41 Å². The number of carbonyl (C=O) groups excluding carboxylic acids is 1. The van der Waals surface area contributed by atoms with Gasteiger partial charge in [0.2, 0.25) is 0 Å². The Bertz CT molecular complexity index is 955. The maximum absolute atomic E-state index is 12.1. The van der Waals surface area contributed by atoms with Gasteiger partial charge >= 0.3 is 27.0 Å². The van der Waals surface area contributed by atoms with E-state index in [-0.39, 0.29) is 45.8 Å². The zero-order valence-corrected chi connectivity index (χ0v) is 18.0. The van der Waals surface area contributed by atoms with Crippen molar-refractivity contribution >= 4 is 16.7 Å². The zero-order valence-electron chi connectivity index (χ0n) is 16.6. The van der Waals surface area contributed by atoms with E-state index < -0.39 is 12.1 Å². The van der Waals surface area contributed by atoms with Crippen LogP contribution in [0.2, 0.25) is 0 Å². The summed E-state index contributed by atoms with van der Waals surface area (Å²) in [6.45, 7) is 7.28. The molecule has 0 aliphatic heterocycles. The number of carbonyl (C=O) groups is 1. The number of esters is 1. The molecule has 7 nitrogen and oxygen atoms in total. The summed E-state index contributed by atoms with van der Waals surface area (Å²) < 4.78 is 13.7. The third-order valence-corrected chi connectivity index (χ3v) is 3.97. The molecule has 2 aromatic carbocycles. The molecule has 2 aromatic rings. The first-order chi connectivity index (χ1) is 13.6. The van der Waals surface area contributed by atoms with Gasteiger partial charge in [-0.2, -0.15) is 0 Å². The Hall–Kier alpha value is -2.77. The van der Waals surface area contributed by atoms with Gasteiger partial charge < -0.3 is 25.2 Å². The number of benzene rings is 2. The molecule has 0 aliphatic rings. The average molecular weight is 439 g/mol. The topological polar surface area (TPSA) is 124 Å². The number of rotatable bonds is 5. The molecule has 155 valence electrons. The number of phenolic OH excluding ortho intramolecular Hbond substituents is 4. The summed E-state index contributed by atoms with van der Waals surface area (Å²) in [5, 5.41) is 40.9. The van der Waals surface area contributed by atoms with Crippen LogP contribution in [0.1, 0.15) is 45.8 Å². The molecule has 0 amide bonds. The first kappa shape index (κ1) is 24.3. The molecule has 8 heteroatoms. The summed E-state index contributed by atoms with van der Waals surface area (Å²) in [7, 11) is 0. The van der Waals surface area contributed by atoms with Crippen LogP contribution < -0.4 is 0 Å². The Labute approximate surface area is 178 Å². The second kappa shape index (κ2) is 10.7. The van der Waals surface area contributed by atoms with Crippen molar-refractivity contribution in [3.63, 3.8) is 0 Å². The van der Waals surface area contributed by atoms with E-state index in [1.165, 1.54) is 24.3 Å². The van der Waals surface area contributed by atoms with Crippen molar-refractivity contribution in [3.8, 4) is 23.0 Å². The Morgan fingerprint density at radius 2 is 1.52 bits per heavy atom. The third-order valence-electron chi connectivity index (χ3n) is 3.97. The number of phenols is 4. The van der Waals surface area contributed by atoms with Crippen LogP contribution in [0.3, 0.4) is 0 Å². The molecule has 0 aromatic heterocycles. The number of ether oxygens (including phenoxy) is 1. The molecular weight excluding hydrogens is 415 g/mol. The second-order valence-corrected chi connectivity index (χ2v) is 6.85. The van der Waals surface area contributed by atoms with Gasteiger partial charge in [-0.1, -0.05) is 17.2 Å². The van der Waals surface area contributed by atoms with E-state index in [2.05, 4.69) is 0 Å². The summed E-state index contributed by atoms with van der Waals surface area (Å²) in [5.41, 5.74) is 1.88. The number of aromatic hydroxyl groups is 4. The molecular formula is C21H24O7V. The van der Waals surface area contributed by atoms with Crippen LogP contribution in [0.5, 0.6) is 23.0 Å². The van der Waals surface area contributed by atoms with Crippen LogP contribution >= 0.6 is 0 Å². The summed E-state index contributed by atoms with van der Waals surface area (Å²) in [6, 6.07) is 3.66. The molecule has 0 spiro atoms. The molecule has 2 rings (SSSR count). The summed E-state index contributed by atoms with van der Waals surface area (Å²) in [6.07, 6.45) is 2.54. The second-order valence-electron chi connectivity index (χ2n) is 6.85. The predicted octanol–water partition coefficient (Wildman–Crippen LogP) is 4.45. The van der Waals surface area contributed by atoms with Gasteiger partial charge in [-0.15, -0.1) is 0 Å². The van der Waals surface area contributed by atoms with E-state index >= 15 is 0 Å². The molecule has 1 atom stereocenters. The Morgan fingerprint density at radius 1 is 0.966 bits per heavy atom. The minimum atomic E-state index is -0.889. The van der Waals surface area contributed by atoms with Gasteiger partial charge in [0.05, 0.1) is 10.8 Å². The molecule has 1 unspecified atom stereocenters. The number of hydrogen-bond donors (Lipinski definition) is 4. The van der Waals surface area contributed by atoms with Crippen molar-refractivity contribution in [2.24, 2.45) is 0 Å². The van der Waals surface area contributed by atoms with E-state index in [1.807, 2.05) is 19.9 Å². The van der Waals surface area contributed by atoms with Gasteiger partial charge in [0.25, 0.3) is 0 Å². The van der Waals surface area contributed by atoms with Crippen molar-refractivity contribution in [1.82, 2.24) is 0 Å². The van der Waals surface area contributed by atoms with Crippen LogP contribution in [0.15, 0.2) is 41.5 Å². The minimum absolute atomic E-state index is 0.0761. The van der Waals surface area contributed by atoms with Crippen molar-refractivity contribution < 1.29 is 51.0 Å². The Balaban J connectivity index is 0.00000204. The summed E-state index contributed by atoms with van der Waals surface area (Å²) >= 11 is 1.06. The van der Waals surface area contributed by atoms with E-state index in [0.717, 1.165) is 28.5 Å². The normalized spacial score (nSPS) is 11.0. The Kier molecular flexibility index (Phi) is 8.95. The standard InChI is InChI=1S/C21H24O6.O.V/c1-11(2)5-8-17(27-18(25)9-12(3)4)13-10-16(24)19-14(22)6-7-15(23)20(19)21(13)26;;/h5-7,9-10,17,22-24,26H,8H2,1-4H3;;. The van der Waals surface area contributed by atoms with Gasteiger partial charge in [0.15, 0.2) is 0 Å². The van der Waals surface area contributed by atoms with Gasteiger partial charge in [0, 0.05) is 18.1 Å². The molecule has 0 saturated carbocycles. The van der Waals surface area contributed by atoms with Crippen LogP contribution in [0, 0.1) is 0 Å². The molecule has 0 saturated heterocycles. The van der Waals surface area contributed by atoms with Crippen molar-refractivity contribution in [1.29, 1.82) is 0 Å².